The lowest BCUT2D eigenvalue weighted by Crippen LogP contribution is -2.44. The summed E-state index contributed by atoms with van der Waals surface area (Å²) < 4.78 is 6.27. The molecule has 3 N–H and O–H groups in total. The maximum atomic E-state index is 11.9. The number of aliphatic hydroxyl groups is 1. The molecule has 0 fully saturated rings. The summed E-state index contributed by atoms with van der Waals surface area (Å²) in [6, 6.07) is 4.07. The van der Waals surface area contributed by atoms with Gasteiger partial charge < -0.3 is 20.3 Å². The topological polar surface area (TPSA) is 95.9 Å². The third kappa shape index (κ3) is 3.17. The quantitative estimate of drug-likeness (QED) is 0.752. The molecule has 2 rings (SSSR count). The van der Waals surface area contributed by atoms with E-state index in [0.29, 0.717) is 11.3 Å². The number of rotatable bonds is 4. The number of nitrogens with one attached hydrogen (secondary N) is 1. The van der Waals surface area contributed by atoms with E-state index in [1.54, 1.807) is 18.2 Å². The summed E-state index contributed by atoms with van der Waals surface area (Å²) in [6.07, 6.45) is 1.63. The molecule has 1 heterocycles. The molecule has 0 saturated carbocycles. The van der Waals surface area contributed by atoms with Crippen molar-refractivity contribution in [3.8, 4) is 5.75 Å². The summed E-state index contributed by atoms with van der Waals surface area (Å²) in [6.45, 7) is -0.615. The summed E-state index contributed by atoms with van der Waals surface area (Å²) in [7, 11) is 0. The maximum Gasteiger partial charge on any atom is 0.328 e. The highest BCUT2D eigenvalue weighted by Gasteiger charge is 2.23. The minimum Gasteiger partial charge on any atom is -0.488 e. The van der Waals surface area contributed by atoms with Gasteiger partial charge in [-0.15, -0.1) is 0 Å². The van der Waals surface area contributed by atoms with E-state index in [1.807, 2.05) is 6.07 Å². The van der Waals surface area contributed by atoms with Crippen molar-refractivity contribution in [1.82, 2.24) is 5.32 Å². The molecule has 1 aromatic carbocycles. The lowest BCUT2D eigenvalue weighted by atomic mass is 10.1. The number of carbonyl (C=O) groups excluding carboxylic acids is 1. The fraction of sp³-hybridized carbons (Fsp3) is 0.231. The molecule has 7 heteroatoms. The largest absolute Gasteiger partial charge is 0.488 e. The standard InChI is InChI=1S/C13H12BrNO5/c14-9-1-2-11-7(4-9)3-8(6-20-11)12(17)15-10(5-16)13(18)19/h1-4,10,16H,5-6H2,(H,15,17)(H,18,19)/t10-/m0/s1. The number of amides is 1. The second-order valence-electron chi connectivity index (χ2n) is 4.19. The highest BCUT2D eigenvalue weighted by atomic mass is 79.9. The number of hydrogen-bond donors (Lipinski definition) is 3. The molecule has 0 bridgehead atoms. The molecule has 6 nitrogen and oxygen atoms in total. The minimum atomic E-state index is -1.33. The average molecular weight is 342 g/mol. The van der Waals surface area contributed by atoms with Gasteiger partial charge in [0.25, 0.3) is 5.91 Å². The first-order valence-electron chi connectivity index (χ1n) is 5.78. The van der Waals surface area contributed by atoms with Crippen LogP contribution in [0.1, 0.15) is 5.56 Å². The summed E-state index contributed by atoms with van der Waals surface area (Å²) in [5.41, 5.74) is 1.03. The summed E-state index contributed by atoms with van der Waals surface area (Å²) >= 11 is 3.32. The van der Waals surface area contributed by atoms with Crippen LogP contribution in [0.3, 0.4) is 0 Å². The molecule has 0 saturated heterocycles. The van der Waals surface area contributed by atoms with Gasteiger partial charge >= 0.3 is 5.97 Å². The van der Waals surface area contributed by atoms with Crippen LogP contribution < -0.4 is 10.1 Å². The minimum absolute atomic E-state index is 0.0538. The van der Waals surface area contributed by atoms with Gasteiger partial charge in [-0.1, -0.05) is 15.9 Å². The van der Waals surface area contributed by atoms with Crippen LogP contribution in [0.25, 0.3) is 6.08 Å². The Morgan fingerprint density at radius 3 is 2.85 bits per heavy atom. The number of benzene rings is 1. The van der Waals surface area contributed by atoms with Crippen LogP contribution in [-0.4, -0.2) is 41.3 Å². The van der Waals surface area contributed by atoms with E-state index in [1.165, 1.54) is 0 Å². The van der Waals surface area contributed by atoms with Crippen LogP contribution in [0.2, 0.25) is 0 Å². The van der Waals surface area contributed by atoms with E-state index in [0.717, 1.165) is 10.0 Å². The summed E-state index contributed by atoms with van der Waals surface area (Å²) in [5, 5.41) is 19.9. The van der Waals surface area contributed by atoms with Gasteiger partial charge in [0.15, 0.2) is 6.04 Å². The SMILES string of the molecule is O=C(N[C@@H](CO)C(=O)O)C1=Cc2cc(Br)ccc2OC1. The number of carboxylic acids is 1. The molecule has 0 spiro atoms. The van der Waals surface area contributed by atoms with E-state index in [-0.39, 0.29) is 6.61 Å². The number of aliphatic hydroxyl groups excluding tert-OH is 1. The average Bonchev–Trinajstić information content (AvgIpc) is 2.43. The number of carboxylic acid groups (broad SMARTS) is 1. The van der Waals surface area contributed by atoms with Gasteiger partial charge in [0, 0.05) is 10.0 Å². The van der Waals surface area contributed by atoms with Gasteiger partial charge in [0.1, 0.15) is 12.4 Å². The van der Waals surface area contributed by atoms with Crippen molar-refractivity contribution >= 4 is 33.9 Å². The molecule has 106 valence electrons. The Morgan fingerprint density at radius 1 is 1.45 bits per heavy atom. The third-order valence-corrected chi connectivity index (χ3v) is 3.26. The number of hydrogen-bond acceptors (Lipinski definition) is 4. The van der Waals surface area contributed by atoms with Crippen molar-refractivity contribution in [2.75, 3.05) is 13.2 Å². The van der Waals surface area contributed by atoms with Crippen LogP contribution in [0.4, 0.5) is 0 Å². The van der Waals surface area contributed by atoms with Crippen molar-refractivity contribution in [3.05, 3.63) is 33.8 Å². The lowest BCUT2D eigenvalue weighted by molar-refractivity contribution is -0.142. The number of halogens is 1. The van der Waals surface area contributed by atoms with Crippen LogP contribution in [-0.2, 0) is 9.59 Å². The summed E-state index contributed by atoms with van der Waals surface area (Å²) in [4.78, 5) is 22.7. The molecule has 0 aliphatic carbocycles. The van der Waals surface area contributed by atoms with E-state index in [2.05, 4.69) is 21.2 Å². The molecular formula is C13H12BrNO5. The van der Waals surface area contributed by atoms with Gasteiger partial charge in [0.05, 0.1) is 12.2 Å². The fourth-order valence-electron chi connectivity index (χ4n) is 1.72. The number of carbonyl (C=O) groups is 2. The normalized spacial score (nSPS) is 14.6. The fourth-order valence-corrected chi connectivity index (χ4v) is 2.09. The van der Waals surface area contributed by atoms with Crippen LogP contribution in [0.5, 0.6) is 5.75 Å². The smallest absolute Gasteiger partial charge is 0.328 e. The van der Waals surface area contributed by atoms with Crippen LogP contribution in [0.15, 0.2) is 28.2 Å². The Kier molecular flexibility index (Phi) is 4.41. The Bertz CT molecular complexity index is 584. The number of aliphatic carboxylic acids is 1. The van der Waals surface area contributed by atoms with E-state index in [4.69, 9.17) is 14.9 Å². The van der Waals surface area contributed by atoms with Gasteiger partial charge in [-0.25, -0.2) is 4.79 Å². The van der Waals surface area contributed by atoms with Crippen LogP contribution >= 0.6 is 15.9 Å². The molecule has 0 radical (unpaired) electrons. The second-order valence-corrected chi connectivity index (χ2v) is 5.10. The molecular weight excluding hydrogens is 330 g/mol. The first kappa shape index (κ1) is 14.5. The second kappa shape index (κ2) is 6.06. The predicted molar refractivity (Wildman–Crippen MR) is 74.3 cm³/mol. The number of ether oxygens (including phenoxy) is 1. The molecule has 1 aliphatic heterocycles. The van der Waals surface area contributed by atoms with E-state index >= 15 is 0 Å². The van der Waals surface area contributed by atoms with Crippen LogP contribution in [0, 0.1) is 0 Å². The molecule has 20 heavy (non-hydrogen) atoms. The molecule has 1 aromatic rings. The molecule has 1 atom stereocenters. The Balaban J connectivity index is 2.18. The summed E-state index contributed by atoms with van der Waals surface area (Å²) in [5.74, 6) is -1.21. The zero-order valence-corrected chi connectivity index (χ0v) is 11.9. The Hall–Kier alpha value is -1.86. The lowest BCUT2D eigenvalue weighted by Gasteiger charge is -2.19. The highest BCUT2D eigenvalue weighted by Crippen LogP contribution is 2.29. The maximum absolute atomic E-state index is 11.9. The Morgan fingerprint density at radius 2 is 2.20 bits per heavy atom. The number of fused-ring (bicyclic) bond motifs is 1. The van der Waals surface area contributed by atoms with Crippen molar-refractivity contribution in [2.45, 2.75) is 6.04 Å². The predicted octanol–water partition coefficient (Wildman–Crippen LogP) is 0.787. The molecule has 0 unspecified atom stereocenters. The monoisotopic (exact) mass is 341 g/mol. The van der Waals surface area contributed by atoms with Gasteiger partial charge in [0.2, 0.25) is 0 Å². The zero-order chi connectivity index (χ0) is 14.7. The first-order valence-corrected chi connectivity index (χ1v) is 6.58. The third-order valence-electron chi connectivity index (χ3n) is 2.76. The van der Waals surface area contributed by atoms with Crippen molar-refractivity contribution in [2.24, 2.45) is 0 Å². The first-order chi connectivity index (χ1) is 9.51. The van der Waals surface area contributed by atoms with Gasteiger partial charge in [-0.3, -0.25) is 4.79 Å². The molecule has 1 amide bonds. The zero-order valence-electron chi connectivity index (χ0n) is 10.3. The molecule has 1 aliphatic rings. The van der Waals surface area contributed by atoms with Crippen molar-refractivity contribution in [1.29, 1.82) is 0 Å². The van der Waals surface area contributed by atoms with Gasteiger partial charge in [-0.2, -0.15) is 0 Å². The Labute approximate surface area is 123 Å². The highest BCUT2D eigenvalue weighted by molar-refractivity contribution is 9.10. The van der Waals surface area contributed by atoms with Crippen molar-refractivity contribution in [3.63, 3.8) is 0 Å². The van der Waals surface area contributed by atoms with Crippen molar-refractivity contribution < 1.29 is 24.5 Å². The van der Waals surface area contributed by atoms with E-state index in [9.17, 15) is 9.59 Å². The van der Waals surface area contributed by atoms with E-state index < -0.39 is 24.5 Å². The molecule has 0 aromatic heterocycles. The van der Waals surface area contributed by atoms with Gasteiger partial charge in [-0.05, 0) is 24.3 Å².